The molecule has 0 radical (unpaired) electrons. The number of hydrogen-bond donors (Lipinski definition) is 1. The summed E-state index contributed by atoms with van der Waals surface area (Å²) in [7, 11) is 0. The Morgan fingerprint density at radius 3 is 2.72 bits per heavy atom. The Hall–Kier alpha value is -2.63. The van der Waals surface area contributed by atoms with Crippen LogP contribution >= 0.6 is 0 Å². The minimum Gasteiger partial charge on any atom is -0.383 e. The SMILES string of the molecule is Nc1ncccc1C(=O)OOc1ccccc1F. The van der Waals surface area contributed by atoms with Crippen molar-refractivity contribution in [1.82, 2.24) is 4.98 Å². The first-order valence-corrected chi connectivity index (χ1v) is 5.02. The van der Waals surface area contributed by atoms with Gasteiger partial charge in [0.2, 0.25) is 5.75 Å². The lowest BCUT2D eigenvalue weighted by molar-refractivity contribution is -0.151. The molecule has 6 heteroatoms. The average Bonchev–Trinajstić information content (AvgIpc) is 2.38. The van der Waals surface area contributed by atoms with Crippen molar-refractivity contribution in [1.29, 1.82) is 0 Å². The number of rotatable bonds is 3. The van der Waals surface area contributed by atoms with E-state index < -0.39 is 11.8 Å². The van der Waals surface area contributed by atoms with Gasteiger partial charge in [0.15, 0.2) is 5.82 Å². The zero-order valence-corrected chi connectivity index (χ0v) is 9.17. The third-order valence-electron chi connectivity index (χ3n) is 2.10. The van der Waals surface area contributed by atoms with Gasteiger partial charge in [-0.2, -0.15) is 0 Å². The number of nitrogen functional groups attached to an aromatic ring is 1. The van der Waals surface area contributed by atoms with Gasteiger partial charge in [-0.05, 0) is 24.3 Å². The van der Waals surface area contributed by atoms with E-state index in [1.54, 1.807) is 6.07 Å². The molecule has 2 rings (SSSR count). The lowest BCUT2D eigenvalue weighted by Gasteiger charge is -2.05. The second-order valence-electron chi connectivity index (χ2n) is 3.32. The fourth-order valence-corrected chi connectivity index (χ4v) is 1.23. The van der Waals surface area contributed by atoms with Crippen molar-refractivity contribution in [2.75, 3.05) is 5.73 Å². The fourth-order valence-electron chi connectivity index (χ4n) is 1.23. The molecule has 0 bridgehead atoms. The van der Waals surface area contributed by atoms with Crippen molar-refractivity contribution in [2.24, 2.45) is 0 Å². The minimum absolute atomic E-state index is 0.0135. The Kier molecular flexibility index (Phi) is 3.38. The summed E-state index contributed by atoms with van der Waals surface area (Å²) in [5.74, 6) is -1.65. The molecule has 18 heavy (non-hydrogen) atoms. The van der Waals surface area contributed by atoms with Gasteiger partial charge in [0.25, 0.3) is 0 Å². The number of aromatic nitrogens is 1. The number of anilines is 1. The molecule has 0 atom stereocenters. The van der Waals surface area contributed by atoms with Crippen LogP contribution in [0.2, 0.25) is 0 Å². The number of hydrogen-bond acceptors (Lipinski definition) is 5. The molecule has 0 aliphatic rings. The molecule has 1 heterocycles. The number of carbonyl (C=O) groups excluding carboxylic acids is 1. The van der Waals surface area contributed by atoms with Crippen molar-refractivity contribution in [3.63, 3.8) is 0 Å². The van der Waals surface area contributed by atoms with Crippen molar-refractivity contribution in [3.8, 4) is 5.75 Å². The van der Waals surface area contributed by atoms with Crippen molar-refractivity contribution >= 4 is 11.8 Å². The molecule has 92 valence electrons. The van der Waals surface area contributed by atoms with Gasteiger partial charge in [-0.3, -0.25) is 4.89 Å². The van der Waals surface area contributed by atoms with Gasteiger partial charge < -0.3 is 5.73 Å². The summed E-state index contributed by atoms with van der Waals surface area (Å²) in [6, 6.07) is 8.50. The minimum atomic E-state index is -0.844. The monoisotopic (exact) mass is 248 g/mol. The van der Waals surface area contributed by atoms with E-state index in [0.29, 0.717) is 0 Å². The van der Waals surface area contributed by atoms with Crippen LogP contribution < -0.4 is 10.6 Å². The highest BCUT2D eigenvalue weighted by Crippen LogP contribution is 2.17. The summed E-state index contributed by atoms with van der Waals surface area (Å²) in [6.07, 6.45) is 1.43. The van der Waals surface area contributed by atoms with E-state index in [1.165, 1.54) is 36.5 Å². The molecule has 0 saturated carbocycles. The topological polar surface area (TPSA) is 74.4 Å². The average molecular weight is 248 g/mol. The molecule has 0 amide bonds. The number of para-hydroxylation sites is 1. The lowest BCUT2D eigenvalue weighted by atomic mass is 10.3. The van der Waals surface area contributed by atoms with Gasteiger partial charge in [0, 0.05) is 6.20 Å². The predicted molar refractivity (Wildman–Crippen MR) is 61.1 cm³/mol. The van der Waals surface area contributed by atoms with Crippen LogP contribution in [0.25, 0.3) is 0 Å². The third-order valence-corrected chi connectivity index (χ3v) is 2.10. The molecule has 1 aromatic carbocycles. The standard InChI is InChI=1S/C12H9FN2O3/c13-9-5-1-2-6-10(9)17-18-12(16)8-4-3-7-15-11(8)14/h1-7H,(H2,14,15). The Labute approximate surface area is 102 Å². The van der Waals surface area contributed by atoms with E-state index in [9.17, 15) is 9.18 Å². The maximum atomic E-state index is 13.2. The first-order chi connectivity index (χ1) is 8.68. The van der Waals surface area contributed by atoms with Crippen molar-refractivity contribution in [2.45, 2.75) is 0 Å². The van der Waals surface area contributed by atoms with Crippen LogP contribution in [0.4, 0.5) is 10.2 Å². The maximum Gasteiger partial charge on any atom is 0.389 e. The number of halogens is 1. The number of carbonyl (C=O) groups is 1. The number of pyridine rings is 1. The molecule has 5 nitrogen and oxygen atoms in total. The van der Waals surface area contributed by atoms with E-state index in [2.05, 4.69) is 14.8 Å². The maximum absolute atomic E-state index is 13.2. The zero-order chi connectivity index (χ0) is 13.0. The summed E-state index contributed by atoms with van der Waals surface area (Å²) in [5.41, 5.74) is 5.53. The molecule has 1 aromatic heterocycles. The summed E-state index contributed by atoms with van der Waals surface area (Å²) in [6.45, 7) is 0. The Bertz CT molecular complexity index is 575. The van der Waals surface area contributed by atoms with Crippen LogP contribution in [0.1, 0.15) is 10.4 Å². The van der Waals surface area contributed by atoms with E-state index >= 15 is 0 Å². The molecule has 0 spiro atoms. The molecule has 2 aromatic rings. The Balaban J connectivity index is 2.06. The summed E-state index contributed by atoms with van der Waals surface area (Å²) in [4.78, 5) is 24.4. The highest BCUT2D eigenvalue weighted by Gasteiger charge is 2.14. The van der Waals surface area contributed by atoms with E-state index in [1.807, 2.05) is 0 Å². The first-order valence-electron chi connectivity index (χ1n) is 5.02. The summed E-state index contributed by atoms with van der Waals surface area (Å²) in [5, 5.41) is 0. The van der Waals surface area contributed by atoms with E-state index in [-0.39, 0.29) is 17.1 Å². The third kappa shape index (κ3) is 2.54. The number of benzene rings is 1. The van der Waals surface area contributed by atoms with E-state index in [0.717, 1.165) is 0 Å². The molecule has 0 saturated heterocycles. The van der Waals surface area contributed by atoms with Crippen LogP contribution in [0, 0.1) is 5.82 Å². The molecule has 0 fully saturated rings. The van der Waals surface area contributed by atoms with Crippen LogP contribution in [0.15, 0.2) is 42.6 Å². The Morgan fingerprint density at radius 2 is 2.00 bits per heavy atom. The highest BCUT2D eigenvalue weighted by atomic mass is 19.1. The second kappa shape index (κ2) is 5.13. The van der Waals surface area contributed by atoms with Crippen LogP contribution in [0.3, 0.4) is 0 Å². The van der Waals surface area contributed by atoms with Gasteiger partial charge >= 0.3 is 5.97 Å². The zero-order valence-electron chi connectivity index (χ0n) is 9.17. The Morgan fingerprint density at radius 1 is 1.22 bits per heavy atom. The summed E-state index contributed by atoms with van der Waals surface area (Å²) < 4.78 is 13.2. The summed E-state index contributed by atoms with van der Waals surface area (Å²) >= 11 is 0. The van der Waals surface area contributed by atoms with Crippen LogP contribution in [-0.4, -0.2) is 11.0 Å². The van der Waals surface area contributed by atoms with Crippen LogP contribution in [-0.2, 0) is 4.89 Å². The van der Waals surface area contributed by atoms with E-state index in [4.69, 9.17) is 5.73 Å². The molecule has 0 aliphatic carbocycles. The predicted octanol–water partition coefficient (Wildman–Crippen LogP) is 1.95. The lowest BCUT2D eigenvalue weighted by Crippen LogP contribution is -2.12. The first kappa shape index (κ1) is 11.8. The largest absolute Gasteiger partial charge is 0.389 e. The van der Waals surface area contributed by atoms with Crippen molar-refractivity contribution < 1.29 is 19.0 Å². The van der Waals surface area contributed by atoms with Gasteiger partial charge in [-0.15, -0.1) is 0 Å². The molecule has 2 N–H and O–H groups in total. The van der Waals surface area contributed by atoms with Gasteiger partial charge in [0.1, 0.15) is 11.4 Å². The van der Waals surface area contributed by atoms with Gasteiger partial charge in [-0.1, -0.05) is 12.1 Å². The number of nitrogens with two attached hydrogens (primary N) is 1. The smallest absolute Gasteiger partial charge is 0.383 e. The number of nitrogens with zero attached hydrogens (tertiary/aromatic N) is 1. The second-order valence-corrected chi connectivity index (χ2v) is 3.32. The molecule has 0 aliphatic heterocycles. The highest BCUT2D eigenvalue weighted by molar-refractivity contribution is 5.93. The van der Waals surface area contributed by atoms with Crippen molar-refractivity contribution in [3.05, 3.63) is 54.0 Å². The fraction of sp³-hybridized carbons (Fsp3) is 0. The van der Waals surface area contributed by atoms with Gasteiger partial charge in [0.05, 0.1) is 0 Å². The molecular weight excluding hydrogens is 239 g/mol. The molecular formula is C12H9FN2O3. The quantitative estimate of drug-likeness (QED) is 0.663. The normalized spacial score (nSPS) is 9.83. The van der Waals surface area contributed by atoms with Gasteiger partial charge in [-0.25, -0.2) is 19.1 Å². The van der Waals surface area contributed by atoms with Crippen LogP contribution in [0.5, 0.6) is 5.75 Å². The molecule has 0 unspecified atom stereocenters.